The first-order valence-corrected chi connectivity index (χ1v) is 7.65. The number of aliphatic carboxylic acids is 1. The highest BCUT2D eigenvalue weighted by atomic mass is 16.5. The van der Waals surface area contributed by atoms with Crippen molar-refractivity contribution in [1.29, 1.82) is 0 Å². The lowest BCUT2D eigenvalue weighted by atomic mass is 10.0. The predicted molar refractivity (Wildman–Crippen MR) is 91.4 cm³/mol. The molecule has 0 spiro atoms. The molecule has 0 heterocycles. The number of carboxylic acids is 1. The molecule has 2 N–H and O–H groups in total. The largest absolute Gasteiger partial charge is 0.496 e. The number of carbonyl (C=O) groups is 2. The summed E-state index contributed by atoms with van der Waals surface area (Å²) in [6, 6.07) is 12.0. The molecule has 5 heteroatoms. The topological polar surface area (TPSA) is 75.6 Å². The third-order valence-electron chi connectivity index (χ3n) is 3.81. The van der Waals surface area contributed by atoms with Crippen molar-refractivity contribution in [1.82, 2.24) is 5.32 Å². The molecule has 0 bridgehead atoms. The van der Waals surface area contributed by atoms with E-state index in [1.54, 1.807) is 31.4 Å². The van der Waals surface area contributed by atoms with Gasteiger partial charge in [0, 0.05) is 5.56 Å². The molecule has 1 unspecified atom stereocenters. The Morgan fingerprint density at radius 1 is 1.12 bits per heavy atom. The van der Waals surface area contributed by atoms with Crippen LogP contribution in [0.5, 0.6) is 5.75 Å². The molecule has 0 saturated heterocycles. The van der Waals surface area contributed by atoms with Gasteiger partial charge in [-0.05, 0) is 42.7 Å². The van der Waals surface area contributed by atoms with Crippen LogP contribution in [0.15, 0.2) is 42.5 Å². The molecule has 1 amide bonds. The second-order valence-electron chi connectivity index (χ2n) is 5.68. The quantitative estimate of drug-likeness (QED) is 0.854. The van der Waals surface area contributed by atoms with E-state index in [0.29, 0.717) is 5.56 Å². The minimum Gasteiger partial charge on any atom is -0.496 e. The number of ether oxygens (including phenoxy) is 1. The van der Waals surface area contributed by atoms with Gasteiger partial charge >= 0.3 is 5.97 Å². The van der Waals surface area contributed by atoms with Crippen LogP contribution in [0.3, 0.4) is 0 Å². The molecule has 2 aromatic carbocycles. The third kappa shape index (κ3) is 4.13. The van der Waals surface area contributed by atoms with Crippen molar-refractivity contribution < 1.29 is 19.4 Å². The van der Waals surface area contributed by atoms with E-state index < -0.39 is 12.0 Å². The summed E-state index contributed by atoms with van der Waals surface area (Å²) in [5, 5.41) is 11.9. The highest BCUT2D eigenvalue weighted by Crippen LogP contribution is 2.25. The predicted octanol–water partition coefficient (Wildman–Crippen LogP) is 3.26. The van der Waals surface area contributed by atoms with E-state index in [9.17, 15) is 9.59 Å². The number of amides is 1. The first-order chi connectivity index (χ1) is 11.4. The van der Waals surface area contributed by atoms with Crippen molar-refractivity contribution in [3.63, 3.8) is 0 Å². The number of benzene rings is 2. The maximum atomic E-state index is 12.6. The third-order valence-corrected chi connectivity index (χ3v) is 3.81. The highest BCUT2D eigenvalue weighted by molar-refractivity contribution is 5.95. The molecular weight excluding hydrogens is 306 g/mol. The van der Waals surface area contributed by atoms with Gasteiger partial charge < -0.3 is 15.2 Å². The van der Waals surface area contributed by atoms with E-state index in [4.69, 9.17) is 9.84 Å². The van der Waals surface area contributed by atoms with Gasteiger partial charge in [-0.15, -0.1) is 0 Å². The molecule has 0 saturated carbocycles. The zero-order valence-electron chi connectivity index (χ0n) is 14.0. The van der Waals surface area contributed by atoms with Crippen LogP contribution in [-0.2, 0) is 4.79 Å². The summed E-state index contributed by atoms with van der Waals surface area (Å²) in [4.78, 5) is 23.7. The Hall–Kier alpha value is -2.82. The van der Waals surface area contributed by atoms with Gasteiger partial charge in [-0.25, -0.2) is 0 Å². The van der Waals surface area contributed by atoms with Crippen molar-refractivity contribution in [2.24, 2.45) is 0 Å². The minimum absolute atomic E-state index is 0.177. The average Bonchev–Trinajstić information content (AvgIpc) is 2.54. The number of carbonyl (C=O) groups excluding carboxylic acids is 1. The minimum atomic E-state index is -0.966. The second-order valence-corrected chi connectivity index (χ2v) is 5.68. The van der Waals surface area contributed by atoms with E-state index in [2.05, 4.69) is 5.32 Å². The van der Waals surface area contributed by atoms with Crippen LogP contribution in [0.4, 0.5) is 0 Å². The van der Waals surface area contributed by atoms with Crippen molar-refractivity contribution in [3.8, 4) is 5.75 Å². The van der Waals surface area contributed by atoms with Crippen molar-refractivity contribution in [3.05, 3.63) is 64.7 Å². The van der Waals surface area contributed by atoms with Crippen LogP contribution in [0.25, 0.3) is 0 Å². The molecule has 2 rings (SSSR count). The van der Waals surface area contributed by atoms with Crippen LogP contribution in [0, 0.1) is 13.8 Å². The number of hydrogen-bond acceptors (Lipinski definition) is 3. The van der Waals surface area contributed by atoms with Crippen molar-refractivity contribution >= 4 is 11.9 Å². The molecule has 2 aromatic rings. The SMILES string of the molecule is COc1c(C)cc(C(=O)NC(CC(=O)O)c2ccccc2)cc1C. The highest BCUT2D eigenvalue weighted by Gasteiger charge is 2.19. The fraction of sp³-hybridized carbons (Fsp3) is 0.263. The van der Waals surface area contributed by atoms with Gasteiger partial charge in [-0.3, -0.25) is 9.59 Å². The van der Waals surface area contributed by atoms with E-state index in [0.717, 1.165) is 22.4 Å². The molecule has 0 fully saturated rings. The fourth-order valence-electron chi connectivity index (χ4n) is 2.76. The maximum absolute atomic E-state index is 12.6. The van der Waals surface area contributed by atoms with Gasteiger partial charge in [0.15, 0.2) is 0 Å². The molecule has 0 aliphatic heterocycles. The molecule has 1 atom stereocenters. The number of carboxylic acid groups (broad SMARTS) is 1. The summed E-state index contributed by atoms with van der Waals surface area (Å²) < 4.78 is 5.30. The van der Waals surface area contributed by atoms with Crippen LogP contribution in [0.1, 0.15) is 39.5 Å². The number of nitrogens with one attached hydrogen (secondary N) is 1. The standard InChI is InChI=1S/C19H21NO4/c1-12-9-15(10-13(2)18(12)24-3)19(23)20-16(11-17(21)22)14-7-5-4-6-8-14/h4-10,16H,11H2,1-3H3,(H,20,23)(H,21,22). The van der Waals surface area contributed by atoms with Crippen molar-refractivity contribution in [2.45, 2.75) is 26.3 Å². The molecule has 0 aliphatic carbocycles. The van der Waals surface area contributed by atoms with Crippen LogP contribution in [-0.4, -0.2) is 24.1 Å². The molecule has 0 aliphatic rings. The average molecular weight is 327 g/mol. The van der Waals surface area contributed by atoms with Crippen LogP contribution < -0.4 is 10.1 Å². The summed E-state index contributed by atoms with van der Waals surface area (Å²) in [5.41, 5.74) is 2.96. The normalized spacial score (nSPS) is 11.6. The van der Waals surface area contributed by atoms with Crippen LogP contribution in [0.2, 0.25) is 0 Å². The zero-order valence-corrected chi connectivity index (χ0v) is 14.0. The summed E-state index contributed by atoms with van der Waals surface area (Å²) >= 11 is 0. The van der Waals surface area contributed by atoms with Gasteiger partial charge in [-0.2, -0.15) is 0 Å². The van der Waals surface area contributed by atoms with E-state index in [1.165, 1.54) is 0 Å². The Kier molecular flexibility index (Phi) is 5.58. The smallest absolute Gasteiger partial charge is 0.305 e. The lowest BCUT2D eigenvalue weighted by molar-refractivity contribution is -0.137. The number of aryl methyl sites for hydroxylation is 2. The maximum Gasteiger partial charge on any atom is 0.305 e. The Morgan fingerprint density at radius 2 is 1.71 bits per heavy atom. The summed E-state index contributed by atoms with van der Waals surface area (Å²) in [7, 11) is 1.59. The molecular formula is C19H21NO4. The fourth-order valence-corrected chi connectivity index (χ4v) is 2.76. The lowest BCUT2D eigenvalue weighted by Gasteiger charge is -2.18. The molecule has 5 nitrogen and oxygen atoms in total. The zero-order chi connectivity index (χ0) is 17.7. The summed E-state index contributed by atoms with van der Waals surface area (Å²) in [6.45, 7) is 3.74. The Labute approximate surface area is 141 Å². The molecule has 0 aromatic heterocycles. The van der Waals surface area contributed by atoms with Gasteiger partial charge in [-0.1, -0.05) is 30.3 Å². The Balaban J connectivity index is 2.26. The molecule has 24 heavy (non-hydrogen) atoms. The number of rotatable bonds is 6. The first-order valence-electron chi connectivity index (χ1n) is 7.65. The van der Waals surface area contributed by atoms with E-state index in [-0.39, 0.29) is 12.3 Å². The summed E-state index contributed by atoms with van der Waals surface area (Å²) in [6.07, 6.45) is -0.177. The first kappa shape index (κ1) is 17.5. The Morgan fingerprint density at radius 3 is 2.21 bits per heavy atom. The van der Waals surface area contributed by atoms with Gasteiger partial charge in [0.25, 0.3) is 5.91 Å². The number of hydrogen-bond donors (Lipinski definition) is 2. The molecule has 126 valence electrons. The van der Waals surface area contributed by atoms with Gasteiger partial charge in [0.05, 0.1) is 19.6 Å². The number of methoxy groups -OCH3 is 1. The molecule has 0 radical (unpaired) electrons. The van der Waals surface area contributed by atoms with Crippen LogP contribution >= 0.6 is 0 Å². The van der Waals surface area contributed by atoms with Crippen molar-refractivity contribution in [2.75, 3.05) is 7.11 Å². The monoisotopic (exact) mass is 327 g/mol. The van der Waals surface area contributed by atoms with E-state index >= 15 is 0 Å². The lowest BCUT2D eigenvalue weighted by Crippen LogP contribution is -2.30. The van der Waals surface area contributed by atoms with Gasteiger partial charge in [0.1, 0.15) is 5.75 Å². The van der Waals surface area contributed by atoms with E-state index in [1.807, 2.05) is 32.0 Å². The summed E-state index contributed by atoms with van der Waals surface area (Å²) in [5.74, 6) is -0.526. The second kappa shape index (κ2) is 7.64. The van der Waals surface area contributed by atoms with Gasteiger partial charge in [0.2, 0.25) is 0 Å². The Bertz CT molecular complexity index is 717.